The van der Waals surface area contributed by atoms with Crippen LogP contribution in [0.25, 0.3) is 0 Å². The highest BCUT2D eigenvalue weighted by atomic mass is 35.7. The van der Waals surface area contributed by atoms with Crippen molar-refractivity contribution in [3.8, 4) is 0 Å². The summed E-state index contributed by atoms with van der Waals surface area (Å²) >= 11 is 3.55. The minimum Gasteiger partial charge on any atom is -0.342 e. The van der Waals surface area contributed by atoms with E-state index in [1.165, 1.54) is 0 Å². The minimum absolute atomic E-state index is 0.0458. The third kappa shape index (κ3) is 8.20. The highest BCUT2D eigenvalue weighted by Crippen LogP contribution is 2.38. The first kappa shape index (κ1) is 35.7. The molecule has 0 aliphatic carbocycles. The number of halogens is 1. The van der Waals surface area contributed by atoms with Gasteiger partial charge in [-0.1, -0.05) is 0 Å². The van der Waals surface area contributed by atoms with Gasteiger partial charge in [0.25, 0.3) is 9.05 Å². The monoisotopic (exact) mass is 732 g/mol. The van der Waals surface area contributed by atoms with Gasteiger partial charge in [0.05, 0.1) is 51.0 Å². The van der Waals surface area contributed by atoms with Crippen LogP contribution in [0.5, 0.6) is 0 Å². The molecular weight excluding hydrogens is 700 g/mol. The molecule has 246 valence electrons. The number of ether oxygens (including phenoxy) is 6. The molecule has 6 rings (SSSR count). The Balaban J connectivity index is 0.000000152. The van der Waals surface area contributed by atoms with Crippen molar-refractivity contribution in [3.63, 3.8) is 0 Å². The standard InChI is InChI=1S/C8H10ClNO4S2.C8H12N2O4S2.C8H11NO2S/c2*1-5-6(16(9,11)12)15-7(10-5)8(2)13-3-4-14-8;1-6-5-12-7(9-6)8(2)10-3-4-11-8/h3-4H2,1-2H3;3-4H2,1-2H3,(H2,9,11,12);5H,3-4H2,1-2H3. The van der Waals surface area contributed by atoms with Crippen LogP contribution in [0.15, 0.2) is 13.8 Å². The van der Waals surface area contributed by atoms with Gasteiger partial charge < -0.3 is 28.4 Å². The Morgan fingerprint density at radius 3 is 1.34 bits per heavy atom. The number of thiazole rings is 3. The van der Waals surface area contributed by atoms with E-state index in [1.807, 2.05) is 19.2 Å². The number of nitrogens with zero attached hydrogens (tertiary/aromatic N) is 3. The molecule has 3 aromatic rings. The molecule has 0 saturated carbocycles. The maximum absolute atomic E-state index is 11.3. The number of hydrogen-bond donors (Lipinski definition) is 1. The fourth-order valence-electron chi connectivity index (χ4n) is 4.12. The smallest absolute Gasteiger partial charge is 0.272 e. The molecule has 3 aliphatic rings. The molecule has 3 aromatic heterocycles. The predicted molar refractivity (Wildman–Crippen MR) is 163 cm³/mol. The molecule has 3 aliphatic heterocycles. The van der Waals surface area contributed by atoms with Gasteiger partial charge in [0, 0.05) is 21.8 Å². The second-order valence-corrected chi connectivity index (χ2v) is 17.4. The minimum atomic E-state index is -3.75. The lowest BCUT2D eigenvalue weighted by Crippen LogP contribution is -2.22. The van der Waals surface area contributed by atoms with Crippen LogP contribution in [0, 0.1) is 20.8 Å². The molecule has 14 nitrogen and oxygen atoms in total. The molecular formula is C24H33ClN4O10S5. The van der Waals surface area contributed by atoms with E-state index in [0.717, 1.165) is 33.4 Å². The summed E-state index contributed by atoms with van der Waals surface area (Å²) in [5, 5.41) is 8.95. The Morgan fingerprint density at radius 2 is 1.05 bits per heavy atom. The third-order valence-electron chi connectivity index (χ3n) is 6.29. The van der Waals surface area contributed by atoms with Crippen LogP contribution in [-0.2, 0) is 64.9 Å². The second kappa shape index (κ2) is 13.5. The van der Waals surface area contributed by atoms with Crippen molar-refractivity contribution in [2.45, 2.75) is 67.3 Å². The molecule has 0 aromatic carbocycles. The van der Waals surface area contributed by atoms with Crippen LogP contribution >= 0.6 is 44.7 Å². The molecule has 0 amide bonds. The van der Waals surface area contributed by atoms with Gasteiger partial charge in [0.2, 0.25) is 27.4 Å². The Kier molecular flexibility index (Phi) is 10.9. The molecule has 0 unspecified atom stereocenters. The van der Waals surface area contributed by atoms with Crippen LogP contribution in [0.2, 0.25) is 0 Å². The summed E-state index contributed by atoms with van der Waals surface area (Å²) in [7, 11) is -2.19. The van der Waals surface area contributed by atoms with Crippen molar-refractivity contribution in [1.29, 1.82) is 0 Å². The van der Waals surface area contributed by atoms with Crippen LogP contribution in [0.1, 0.15) is 52.9 Å². The number of aromatic nitrogens is 3. The van der Waals surface area contributed by atoms with E-state index >= 15 is 0 Å². The average molecular weight is 733 g/mol. The first-order valence-electron chi connectivity index (χ1n) is 13.1. The number of primary sulfonamides is 1. The Hall–Kier alpha value is -1.20. The molecule has 6 heterocycles. The van der Waals surface area contributed by atoms with E-state index in [1.54, 1.807) is 39.0 Å². The normalized spacial score (nSPS) is 20.5. The highest BCUT2D eigenvalue weighted by molar-refractivity contribution is 8.15. The summed E-state index contributed by atoms with van der Waals surface area (Å²) < 4.78 is 77.6. The summed E-state index contributed by atoms with van der Waals surface area (Å²) in [6.45, 7) is 13.7. The molecule has 3 fully saturated rings. The van der Waals surface area contributed by atoms with Gasteiger partial charge in [-0.3, -0.25) is 0 Å². The van der Waals surface area contributed by atoms with Gasteiger partial charge in [-0.05, 0) is 41.5 Å². The zero-order chi connectivity index (χ0) is 32.6. The molecule has 2 N–H and O–H groups in total. The lowest BCUT2D eigenvalue weighted by molar-refractivity contribution is -0.150. The number of aryl methyl sites for hydroxylation is 3. The van der Waals surface area contributed by atoms with E-state index in [2.05, 4.69) is 15.0 Å². The molecule has 0 bridgehead atoms. The largest absolute Gasteiger partial charge is 0.342 e. The van der Waals surface area contributed by atoms with Crippen molar-refractivity contribution >= 4 is 63.8 Å². The van der Waals surface area contributed by atoms with E-state index in [9.17, 15) is 16.8 Å². The van der Waals surface area contributed by atoms with Gasteiger partial charge in [0.1, 0.15) is 0 Å². The van der Waals surface area contributed by atoms with Crippen molar-refractivity contribution in [1.82, 2.24) is 15.0 Å². The van der Waals surface area contributed by atoms with Crippen LogP contribution in [-0.4, -0.2) is 71.4 Å². The molecule has 20 heteroatoms. The van der Waals surface area contributed by atoms with Crippen LogP contribution in [0.4, 0.5) is 0 Å². The Labute approximate surface area is 272 Å². The van der Waals surface area contributed by atoms with Gasteiger partial charge in [-0.2, -0.15) is 0 Å². The summed E-state index contributed by atoms with van der Waals surface area (Å²) in [6.07, 6.45) is 0. The zero-order valence-corrected chi connectivity index (χ0v) is 29.6. The summed E-state index contributed by atoms with van der Waals surface area (Å²) in [4.78, 5) is 12.6. The highest BCUT2D eigenvalue weighted by Gasteiger charge is 2.39. The fourth-order valence-corrected chi connectivity index (χ4v) is 9.50. The molecule has 44 heavy (non-hydrogen) atoms. The summed E-state index contributed by atoms with van der Waals surface area (Å²) in [6, 6.07) is 0. The van der Waals surface area contributed by atoms with Crippen molar-refractivity contribution in [2.24, 2.45) is 5.14 Å². The maximum Gasteiger partial charge on any atom is 0.272 e. The lowest BCUT2D eigenvalue weighted by Gasteiger charge is -2.18. The molecule has 0 radical (unpaired) electrons. The predicted octanol–water partition coefficient (Wildman–Crippen LogP) is 3.59. The van der Waals surface area contributed by atoms with Crippen molar-refractivity contribution < 1.29 is 45.3 Å². The number of hydrogen-bond acceptors (Lipinski definition) is 16. The summed E-state index contributed by atoms with van der Waals surface area (Å²) in [5.74, 6) is -2.48. The summed E-state index contributed by atoms with van der Waals surface area (Å²) in [5.41, 5.74) is 1.77. The SMILES string of the molecule is Cc1csc(C2(C)OCCO2)n1.Cc1nc(C2(C)OCCO2)sc1S(=O)(=O)Cl.Cc1nc(C2(C)OCCO2)sc1S(N)(=O)=O. The quantitative estimate of drug-likeness (QED) is 0.375. The lowest BCUT2D eigenvalue weighted by atomic mass is 10.3. The van der Waals surface area contributed by atoms with E-state index < -0.39 is 36.4 Å². The first-order valence-corrected chi connectivity index (χ1v) is 19.4. The Bertz CT molecular complexity index is 1580. The van der Waals surface area contributed by atoms with Gasteiger partial charge in [0.15, 0.2) is 23.4 Å². The van der Waals surface area contributed by atoms with E-state index in [0.29, 0.717) is 61.0 Å². The third-order valence-corrected chi connectivity index (χ3v) is 13.8. The van der Waals surface area contributed by atoms with Gasteiger partial charge in [-0.15, -0.1) is 34.0 Å². The number of sulfonamides is 1. The van der Waals surface area contributed by atoms with E-state index in [4.69, 9.17) is 44.2 Å². The van der Waals surface area contributed by atoms with Crippen LogP contribution in [0.3, 0.4) is 0 Å². The van der Waals surface area contributed by atoms with Crippen molar-refractivity contribution in [3.05, 3.63) is 37.5 Å². The molecule has 0 atom stereocenters. The van der Waals surface area contributed by atoms with Gasteiger partial charge in [-0.25, -0.2) is 36.9 Å². The van der Waals surface area contributed by atoms with Gasteiger partial charge >= 0.3 is 0 Å². The van der Waals surface area contributed by atoms with E-state index in [-0.39, 0.29) is 8.42 Å². The number of rotatable bonds is 5. The fraction of sp³-hybridized carbons (Fsp3) is 0.625. The maximum atomic E-state index is 11.3. The first-order chi connectivity index (χ1) is 20.4. The zero-order valence-electron chi connectivity index (χ0n) is 24.7. The molecule has 0 spiro atoms. The molecule has 3 saturated heterocycles. The topological polar surface area (TPSA) is 188 Å². The number of nitrogens with two attached hydrogens (primary N) is 1. The van der Waals surface area contributed by atoms with Crippen LogP contribution < -0.4 is 5.14 Å². The average Bonchev–Trinajstić information content (AvgIpc) is 3.73. The Morgan fingerprint density at radius 1 is 0.682 bits per heavy atom. The van der Waals surface area contributed by atoms with Crippen molar-refractivity contribution in [2.75, 3.05) is 39.6 Å². The second-order valence-electron chi connectivity index (χ2n) is 9.99.